The van der Waals surface area contributed by atoms with Crippen molar-refractivity contribution in [3.05, 3.63) is 111 Å². The summed E-state index contributed by atoms with van der Waals surface area (Å²) in [7, 11) is 0. The van der Waals surface area contributed by atoms with Crippen LogP contribution in [-0.4, -0.2) is 30.3 Å². The van der Waals surface area contributed by atoms with Gasteiger partial charge in [-0.1, -0.05) is 78.4 Å². The maximum absolute atomic E-state index is 12.6. The van der Waals surface area contributed by atoms with Gasteiger partial charge < -0.3 is 4.90 Å². The maximum atomic E-state index is 12.6. The number of carbonyl (C=O) groups is 1. The molecule has 1 aliphatic carbocycles. The summed E-state index contributed by atoms with van der Waals surface area (Å²) in [4.78, 5) is 15.2. The van der Waals surface area contributed by atoms with E-state index >= 15 is 0 Å². The lowest BCUT2D eigenvalue weighted by Crippen LogP contribution is -2.32. The molecule has 0 amide bonds. The summed E-state index contributed by atoms with van der Waals surface area (Å²) in [5, 5.41) is 0. The Morgan fingerprint density at radius 3 is 2.03 bits per heavy atom. The Labute approximate surface area is 203 Å². The van der Waals surface area contributed by atoms with E-state index in [0.29, 0.717) is 6.42 Å². The van der Waals surface area contributed by atoms with Gasteiger partial charge in [-0.25, -0.2) is 0 Å². The number of fused-ring (bicyclic) bond motifs is 2. The number of piperidine rings is 1. The molecule has 2 heteroatoms. The maximum Gasteiger partial charge on any atom is 0.162 e. The normalized spacial score (nSPS) is 15.6. The van der Waals surface area contributed by atoms with E-state index in [1.807, 2.05) is 12.1 Å². The Morgan fingerprint density at radius 1 is 0.794 bits per heavy atom. The minimum absolute atomic E-state index is 0.266. The zero-order valence-corrected chi connectivity index (χ0v) is 20.3. The van der Waals surface area contributed by atoms with Gasteiger partial charge in [-0.2, -0.15) is 0 Å². The molecule has 2 aliphatic rings. The van der Waals surface area contributed by atoms with E-state index < -0.39 is 0 Å². The van der Waals surface area contributed by atoms with Crippen molar-refractivity contribution >= 4 is 23.5 Å². The van der Waals surface area contributed by atoms with Gasteiger partial charge in [0.2, 0.25) is 0 Å². The molecule has 0 saturated carbocycles. The molecule has 5 rings (SSSR count). The molecule has 1 saturated heterocycles. The molecule has 1 heterocycles. The third-order valence-corrected chi connectivity index (χ3v) is 7.42. The van der Waals surface area contributed by atoms with Gasteiger partial charge in [0.15, 0.2) is 5.78 Å². The summed E-state index contributed by atoms with van der Waals surface area (Å²) in [6.45, 7) is 7.29. The minimum atomic E-state index is 0.266. The van der Waals surface area contributed by atoms with Crippen LogP contribution in [0.5, 0.6) is 0 Å². The second-order valence-corrected chi connectivity index (χ2v) is 9.65. The lowest BCUT2D eigenvalue weighted by Gasteiger charge is -2.30. The number of hydrogen-bond donors (Lipinski definition) is 0. The predicted octanol–water partition coefficient (Wildman–Crippen LogP) is 7.35. The van der Waals surface area contributed by atoms with Gasteiger partial charge in [0.1, 0.15) is 0 Å². The molecule has 0 unspecified atom stereocenters. The van der Waals surface area contributed by atoms with Gasteiger partial charge in [-0.05, 0) is 84.7 Å². The number of hydrogen-bond acceptors (Lipinski definition) is 2. The van der Waals surface area contributed by atoms with Crippen molar-refractivity contribution in [2.24, 2.45) is 0 Å². The molecule has 0 radical (unpaired) electrons. The predicted molar refractivity (Wildman–Crippen MR) is 143 cm³/mol. The fourth-order valence-corrected chi connectivity index (χ4v) is 5.26. The quantitative estimate of drug-likeness (QED) is 0.298. The summed E-state index contributed by atoms with van der Waals surface area (Å²) < 4.78 is 0. The minimum Gasteiger partial charge on any atom is -0.303 e. The van der Waals surface area contributed by atoms with E-state index in [2.05, 4.69) is 85.5 Å². The molecule has 3 aromatic rings. The molecule has 0 aromatic heterocycles. The average Bonchev–Trinajstić information content (AvgIpc) is 3.03. The summed E-state index contributed by atoms with van der Waals surface area (Å²) in [5.41, 5.74) is 11.6. The molecular formula is C32H33NO. The van der Waals surface area contributed by atoms with Crippen LogP contribution in [0.3, 0.4) is 0 Å². The molecular weight excluding hydrogens is 414 g/mol. The Morgan fingerprint density at radius 2 is 1.41 bits per heavy atom. The molecule has 1 fully saturated rings. The van der Waals surface area contributed by atoms with E-state index in [-0.39, 0.29) is 5.78 Å². The Kier molecular flexibility index (Phi) is 6.60. The molecule has 0 spiro atoms. The van der Waals surface area contributed by atoms with Crippen LogP contribution in [0.15, 0.2) is 72.3 Å². The average molecular weight is 448 g/mol. The number of benzene rings is 3. The molecule has 2 nitrogen and oxygen atoms in total. The van der Waals surface area contributed by atoms with Gasteiger partial charge in [-0.15, -0.1) is 0 Å². The Hall–Kier alpha value is -3.23. The monoisotopic (exact) mass is 447 g/mol. The lowest BCUT2D eigenvalue weighted by molar-refractivity contribution is 0.0974. The number of likely N-dealkylation sites (tertiary alicyclic amines) is 1. The third kappa shape index (κ3) is 4.69. The van der Waals surface area contributed by atoms with E-state index in [0.717, 1.165) is 44.5 Å². The first-order valence-electron chi connectivity index (χ1n) is 12.5. The first-order chi connectivity index (χ1) is 16.6. The zero-order chi connectivity index (χ0) is 23.5. The number of aryl methyl sites for hydroxylation is 2. The van der Waals surface area contributed by atoms with E-state index in [1.165, 1.54) is 39.0 Å². The van der Waals surface area contributed by atoms with Crippen molar-refractivity contribution in [1.82, 2.24) is 4.90 Å². The van der Waals surface area contributed by atoms with Crippen LogP contribution in [0.25, 0.3) is 17.7 Å². The number of ketones is 1. The van der Waals surface area contributed by atoms with Crippen molar-refractivity contribution in [1.29, 1.82) is 0 Å². The zero-order valence-electron chi connectivity index (χ0n) is 20.3. The summed E-state index contributed by atoms with van der Waals surface area (Å²) in [5.74, 6) is 0.266. The van der Waals surface area contributed by atoms with Gasteiger partial charge >= 0.3 is 0 Å². The second-order valence-electron chi connectivity index (χ2n) is 9.65. The second kappa shape index (κ2) is 9.95. The van der Waals surface area contributed by atoms with Crippen molar-refractivity contribution in [2.75, 3.05) is 19.6 Å². The molecule has 0 N–H and O–H groups in total. The van der Waals surface area contributed by atoms with Crippen LogP contribution >= 0.6 is 0 Å². The smallest absolute Gasteiger partial charge is 0.162 e. The van der Waals surface area contributed by atoms with E-state index in [1.54, 1.807) is 5.57 Å². The van der Waals surface area contributed by atoms with Crippen LogP contribution in [0, 0.1) is 13.8 Å². The fraction of sp³-hybridized carbons (Fsp3) is 0.281. The molecule has 0 atom stereocenters. The van der Waals surface area contributed by atoms with Gasteiger partial charge in [-0.3, -0.25) is 4.79 Å². The highest BCUT2D eigenvalue weighted by Gasteiger charge is 2.22. The van der Waals surface area contributed by atoms with Crippen LogP contribution in [0.2, 0.25) is 0 Å². The van der Waals surface area contributed by atoms with Crippen molar-refractivity contribution in [3.63, 3.8) is 0 Å². The van der Waals surface area contributed by atoms with E-state index in [9.17, 15) is 4.79 Å². The van der Waals surface area contributed by atoms with Crippen LogP contribution < -0.4 is 0 Å². The topological polar surface area (TPSA) is 20.3 Å². The summed E-state index contributed by atoms with van der Waals surface area (Å²) >= 11 is 0. The van der Waals surface area contributed by atoms with Crippen LogP contribution in [-0.2, 0) is 0 Å². The fourth-order valence-electron chi connectivity index (χ4n) is 5.26. The highest BCUT2D eigenvalue weighted by molar-refractivity contribution is 5.96. The lowest BCUT2D eigenvalue weighted by atomic mass is 9.86. The summed E-state index contributed by atoms with van der Waals surface area (Å²) in [6, 6.07) is 23.6. The highest BCUT2D eigenvalue weighted by atomic mass is 16.1. The Balaban J connectivity index is 1.26. The first kappa shape index (κ1) is 22.6. The number of carbonyl (C=O) groups excluding carboxylic acids is 1. The number of nitrogens with zero attached hydrogens (tertiary/aromatic N) is 1. The van der Waals surface area contributed by atoms with Gasteiger partial charge in [0.25, 0.3) is 0 Å². The number of Topliss-reactive ketones (excluding diaryl/α,β-unsaturated/α-hetero) is 1. The van der Waals surface area contributed by atoms with Crippen LogP contribution in [0.1, 0.15) is 69.4 Å². The van der Waals surface area contributed by atoms with Gasteiger partial charge in [0, 0.05) is 25.1 Å². The molecule has 1 aliphatic heterocycles. The standard InChI is InChI=1S/C32H33NO/c1-23-13-14-28(22-24(23)2)31(34)12-7-19-33-20-17-27(18-21-33)32-29-10-5-3-8-25(29)15-16-26-9-4-6-11-30(26)32/h3-6,8-11,13-16,22H,7,12,17-21H2,1-2H3. The Bertz CT molecular complexity index is 1220. The molecule has 3 aromatic carbocycles. The molecule has 0 bridgehead atoms. The van der Waals surface area contributed by atoms with Crippen molar-refractivity contribution < 1.29 is 4.79 Å². The van der Waals surface area contributed by atoms with Gasteiger partial charge in [0.05, 0.1) is 0 Å². The molecule has 172 valence electrons. The third-order valence-electron chi connectivity index (χ3n) is 7.42. The SMILES string of the molecule is Cc1ccc(C(=O)CCCN2CCC(=C3c4ccccc4C=Cc4ccccc43)CC2)cc1C. The van der Waals surface area contributed by atoms with Crippen molar-refractivity contribution in [2.45, 2.75) is 39.5 Å². The molecule has 34 heavy (non-hydrogen) atoms. The first-order valence-corrected chi connectivity index (χ1v) is 12.5. The largest absolute Gasteiger partial charge is 0.303 e. The highest BCUT2D eigenvalue weighted by Crippen LogP contribution is 2.38. The van der Waals surface area contributed by atoms with Crippen molar-refractivity contribution in [3.8, 4) is 0 Å². The van der Waals surface area contributed by atoms with E-state index in [4.69, 9.17) is 0 Å². The number of rotatable bonds is 5. The van der Waals surface area contributed by atoms with Crippen LogP contribution in [0.4, 0.5) is 0 Å². The summed E-state index contributed by atoms with van der Waals surface area (Å²) in [6.07, 6.45) is 8.23.